The summed E-state index contributed by atoms with van der Waals surface area (Å²) in [6.45, 7) is 0.666. The Hall–Kier alpha value is -2.95. The third-order valence-electron chi connectivity index (χ3n) is 5.05. The molecule has 0 fully saturated rings. The number of hydrogen-bond acceptors (Lipinski definition) is 8. The van der Waals surface area contributed by atoms with Crippen LogP contribution in [0.25, 0.3) is 0 Å². The van der Waals surface area contributed by atoms with E-state index in [4.69, 9.17) is 16.0 Å². The average Bonchev–Trinajstić information content (AvgIpc) is 3.55. The predicted octanol–water partition coefficient (Wildman–Crippen LogP) is 3.66. The van der Waals surface area contributed by atoms with E-state index in [-0.39, 0.29) is 17.6 Å². The van der Waals surface area contributed by atoms with Crippen molar-refractivity contribution in [2.45, 2.75) is 19.4 Å². The summed E-state index contributed by atoms with van der Waals surface area (Å²) in [6.07, 6.45) is 1.10. The van der Waals surface area contributed by atoms with Crippen LogP contribution in [0.4, 0.5) is 5.69 Å². The zero-order chi connectivity index (χ0) is 22.1. The monoisotopic (exact) mass is 487 g/mol. The number of halogens is 1. The van der Waals surface area contributed by atoms with Gasteiger partial charge in [0.2, 0.25) is 12.2 Å². The van der Waals surface area contributed by atoms with Gasteiger partial charge in [0.25, 0.3) is 5.91 Å². The van der Waals surface area contributed by atoms with Gasteiger partial charge in [-0.25, -0.2) is 0 Å². The number of hydrogen-bond donors (Lipinski definition) is 2. The summed E-state index contributed by atoms with van der Waals surface area (Å²) in [5.41, 5.74) is 4.68. The summed E-state index contributed by atoms with van der Waals surface area (Å²) in [5, 5.41) is 10.4. The van der Waals surface area contributed by atoms with E-state index in [1.165, 1.54) is 23.1 Å². The molecule has 2 N–H and O–H groups in total. The maximum Gasteiger partial charge on any atom is 0.269 e. The highest BCUT2D eigenvalue weighted by molar-refractivity contribution is 8.14. The molecule has 0 saturated carbocycles. The molecule has 1 aromatic carbocycles. The summed E-state index contributed by atoms with van der Waals surface area (Å²) < 4.78 is 5.44. The number of nitrogens with one attached hydrogen (secondary N) is 2. The second-order valence-electron chi connectivity index (χ2n) is 7.07. The molecular formula is C21H18ClN5O3S2. The van der Waals surface area contributed by atoms with E-state index < -0.39 is 6.29 Å². The minimum Gasteiger partial charge on any atom is -0.467 e. The lowest BCUT2D eigenvalue weighted by molar-refractivity contribution is -0.118. The quantitative estimate of drug-likeness (QED) is 0.551. The summed E-state index contributed by atoms with van der Waals surface area (Å²) in [6, 6.07) is 12.9. The molecule has 11 heteroatoms. The van der Waals surface area contributed by atoms with Crippen LogP contribution in [-0.2, 0) is 17.9 Å². The largest absolute Gasteiger partial charge is 0.467 e. The van der Waals surface area contributed by atoms with Crippen LogP contribution in [0.2, 0.25) is 5.02 Å². The summed E-state index contributed by atoms with van der Waals surface area (Å²) >= 11 is 8.84. The summed E-state index contributed by atoms with van der Waals surface area (Å²) in [4.78, 5) is 29.7. The number of carbonyl (C=O) groups is 2. The molecule has 2 amide bonds. The van der Waals surface area contributed by atoms with Crippen LogP contribution in [0.15, 0.2) is 63.6 Å². The zero-order valence-corrected chi connectivity index (χ0v) is 19.0. The van der Waals surface area contributed by atoms with E-state index >= 15 is 0 Å². The lowest BCUT2D eigenvalue weighted by Gasteiger charge is -2.39. The van der Waals surface area contributed by atoms with Gasteiger partial charge in [-0.3, -0.25) is 24.8 Å². The normalized spacial score (nSPS) is 17.0. The van der Waals surface area contributed by atoms with Crippen LogP contribution in [0.3, 0.4) is 0 Å². The fraction of sp³-hybridized carbons (Fsp3) is 0.190. The Morgan fingerprint density at radius 1 is 1.28 bits per heavy atom. The molecule has 8 nitrogen and oxygen atoms in total. The molecule has 164 valence electrons. The van der Waals surface area contributed by atoms with Crippen molar-refractivity contribution in [2.24, 2.45) is 5.10 Å². The molecule has 0 bridgehead atoms. The molecule has 32 heavy (non-hydrogen) atoms. The van der Waals surface area contributed by atoms with E-state index in [0.29, 0.717) is 33.9 Å². The number of fused-ring (bicyclic) bond motifs is 3. The van der Waals surface area contributed by atoms with Gasteiger partial charge in [0.05, 0.1) is 24.2 Å². The number of thioether (sulfide) groups is 1. The zero-order valence-electron chi connectivity index (χ0n) is 16.7. The third kappa shape index (κ3) is 3.96. The molecule has 1 unspecified atom stereocenters. The number of furan rings is 1. The van der Waals surface area contributed by atoms with E-state index in [0.717, 1.165) is 11.3 Å². The number of rotatable bonds is 6. The fourth-order valence-corrected chi connectivity index (χ4v) is 5.37. The maximum atomic E-state index is 13.1. The lowest BCUT2D eigenvalue weighted by atomic mass is 10.2. The van der Waals surface area contributed by atoms with Crippen molar-refractivity contribution in [2.75, 3.05) is 10.7 Å². The van der Waals surface area contributed by atoms with Crippen molar-refractivity contribution in [1.82, 2.24) is 15.6 Å². The summed E-state index contributed by atoms with van der Waals surface area (Å²) in [5.74, 6) is 0.645. The number of benzene rings is 1. The first-order chi connectivity index (χ1) is 15.6. The molecule has 0 radical (unpaired) electrons. The topological polar surface area (TPSA) is 90.2 Å². The van der Waals surface area contributed by atoms with Gasteiger partial charge < -0.3 is 9.73 Å². The molecule has 2 aliphatic rings. The molecule has 1 atom stereocenters. The van der Waals surface area contributed by atoms with Crippen molar-refractivity contribution >= 4 is 57.4 Å². The number of anilines is 1. The van der Waals surface area contributed by atoms with Gasteiger partial charge in [0.1, 0.15) is 10.6 Å². The summed E-state index contributed by atoms with van der Waals surface area (Å²) in [7, 11) is 0. The predicted molar refractivity (Wildman–Crippen MR) is 125 cm³/mol. The first-order valence-electron chi connectivity index (χ1n) is 9.78. The van der Waals surface area contributed by atoms with Gasteiger partial charge in [-0.15, -0.1) is 11.3 Å². The van der Waals surface area contributed by atoms with Gasteiger partial charge >= 0.3 is 0 Å². The van der Waals surface area contributed by atoms with Crippen LogP contribution < -0.4 is 15.6 Å². The molecule has 2 aliphatic heterocycles. The Bertz CT molecular complexity index is 1180. The number of hydrazone groups is 1. The maximum absolute atomic E-state index is 13.1. The SMILES string of the molecule is O=C(CSC1=NNC2N(Cc3ccco3)C(=O)c3sccc3N12)NCc1ccccc1Cl. The standard InChI is InChI=1S/C21H18ClN5O3S2/c22-15-6-2-1-4-13(15)10-23-17(28)12-32-21-25-24-20-26(11-14-5-3-8-30-14)19(29)18-16(27(20)21)7-9-31-18/h1-9,20,24H,10-12H2,(H,23,28). The van der Waals surface area contributed by atoms with E-state index in [1.807, 2.05) is 40.6 Å². The lowest BCUT2D eigenvalue weighted by Crippen LogP contribution is -2.57. The van der Waals surface area contributed by atoms with Gasteiger partial charge in [0.15, 0.2) is 5.17 Å². The smallest absolute Gasteiger partial charge is 0.269 e. The Kier molecular flexibility index (Phi) is 5.81. The van der Waals surface area contributed by atoms with E-state index in [1.54, 1.807) is 23.3 Å². The van der Waals surface area contributed by atoms with Crippen molar-refractivity contribution in [3.63, 3.8) is 0 Å². The second-order valence-corrected chi connectivity index (χ2v) is 9.34. The molecule has 0 spiro atoms. The number of carbonyl (C=O) groups excluding carboxylic acids is 2. The van der Waals surface area contributed by atoms with Crippen molar-refractivity contribution in [3.8, 4) is 0 Å². The van der Waals surface area contributed by atoms with Crippen molar-refractivity contribution in [1.29, 1.82) is 0 Å². The van der Waals surface area contributed by atoms with Crippen LogP contribution in [-0.4, -0.2) is 33.9 Å². The first kappa shape index (κ1) is 20.9. The van der Waals surface area contributed by atoms with Gasteiger partial charge in [0, 0.05) is 11.6 Å². The molecule has 0 saturated heterocycles. The molecule has 4 heterocycles. The number of amides is 2. The Morgan fingerprint density at radius 3 is 2.97 bits per heavy atom. The van der Waals surface area contributed by atoms with Gasteiger partial charge in [-0.2, -0.15) is 5.10 Å². The fourth-order valence-electron chi connectivity index (χ4n) is 3.51. The minimum atomic E-state index is -0.483. The van der Waals surface area contributed by atoms with Crippen molar-refractivity contribution < 1.29 is 14.0 Å². The third-order valence-corrected chi connectivity index (χ3v) is 7.27. The molecular weight excluding hydrogens is 470 g/mol. The number of thiophene rings is 1. The second kappa shape index (κ2) is 8.89. The van der Waals surface area contributed by atoms with Crippen LogP contribution in [0.5, 0.6) is 0 Å². The highest BCUT2D eigenvalue weighted by atomic mass is 35.5. The Morgan fingerprint density at radius 2 is 2.16 bits per heavy atom. The molecule has 0 aliphatic carbocycles. The Balaban J connectivity index is 1.26. The number of amidine groups is 1. The minimum absolute atomic E-state index is 0.0842. The molecule has 5 rings (SSSR count). The number of nitrogens with zero attached hydrogens (tertiary/aromatic N) is 3. The molecule has 2 aromatic heterocycles. The van der Waals surface area contributed by atoms with Crippen LogP contribution in [0.1, 0.15) is 21.0 Å². The van der Waals surface area contributed by atoms with Crippen LogP contribution >= 0.6 is 34.7 Å². The Labute approximate surface area is 197 Å². The molecule has 3 aromatic rings. The average molecular weight is 488 g/mol. The highest BCUT2D eigenvalue weighted by Gasteiger charge is 2.44. The van der Waals surface area contributed by atoms with Crippen molar-refractivity contribution in [3.05, 3.63) is 75.3 Å². The van der Waals surface area contributed by atoms with Gasteiger partial charge in [-0.1, -0.05) is 41.6 Å². The van der Waals surface area contributed by atoms with E-state index in [2.05, 4.69) is 15.8 Å². The van der Waals surface area contributed by atoms with Gasteiger partial charge in [-0.05, 0) is 35.2 Å². The van der Waals surface area contributed by atoms with Crippen LogP contribution in [0, 0.1) is 0 Å². The highest BCUT2D eigenvalue weighted by Crippen LogP contribution is 2.38. The van der Waals surface area contributed by atoms with E-state index in [9.17, 15) is 9.59 Å². The first-order valence-corrected chi connectivity index (χ1v) is 12.0.